The van der Waals surface area contributed by atoms with Gasteiger partial charge >= 0.3 is 0 Å². The molecule has 8 nitrogen and oxygen atoms in total. The van der Waals surface area contributed by atoms with Gasteiger partial charge in [0, 0.05) is 52.8 Å². The standard InChI is InChI=1S/C80H122F2N2O6/c1-7-11-15-19-23-27-31-35-39-43-51-85-77-57-69(55-65(5)79(77)87-53-45-41-37-33-29-25-21-17-13-9-3)89-63-67-47-49-75(83-61-67)71-59-72(74(82)60-73(71)81)76-50-48-68(62-84-76)64-90-70-56-66(6)80(88-54-46-42-38-34-30-26-22-18-14-10-4)78(58-70)86-52-44-40-36-32-28-24-20-16-12-8-2/h47-50,55-62H,7-46,51-54,63-64H2,1-6H3. The summed E-state index contributed by atoms with van der Waals surface area (Å²) in [5, 5.41) is 0. The van der Waals surface area contributed by atoms with Crippen molar-refractivity contribution in [1.82, 2.24) is 9.97 Å². The van der Waals surface area contributed by atoms with Gasteiger partial charge in [0.25, 0.3) is 0 Å². The highest BCUT2D eigenvalue weighted by atomic mass is 19.1. The van der Waals surface area contributed by atoms with Crippen molar-refractivity contribution in [2.75, 3.05) is 26.4 Å². The Balaban J connectivity index is 1.16. The Morgan fingerprint density at radius 3 is 0.856 bits per heavy atom. The zero-order chi connectivity index (χ0) is 63.9. The molecule has 10 heteroatoms. The average molecular weight is 1250 g/mol. The third kappa shape index (κ3) is 31.3. The number of pyridine rings is 2. The van der Waals surface area contributed by atoms with E-state index in [1.54, 1.807) is 24.5 Å². The number of benzene rings is 3. The van der Waals surface area contributed by atoms with Gasteiger partial charge in [0.15, 0.2) is 23.0 Å². The van der Waals surface area contributed by atoms with Gasteiger partial charge in [-0.15, -0.1) is 0 Å². The smallest absolute Gasteiger partial charge is 0.165 e. The van der Waals surface area contributed by atoms with Gasteiger partial charge < -0.3 is 28.4 Å². The Bertz CT molecular complexity index is 2430. The van der Waals surface area contributed by atoms with Crippen molar-refractivity contribution in [3.63, 3.8) is 0 Å². The van der Waals surface area contributed by atoms with E-state index in [2.05, 4.69) is 51.5 Å². The average Bonchev–Trinajstić information content (AvgIpc) is 1.30. The third-order valence-corrected chi connectivity index (χ3v) is 17.5. The summed E-state index contributed by atoms with van der Waals surface area (Å²) in [6.45, 7) is 16.2. The van der Waals surface area contributed by atoms with Crippen LogP contribution in [0.5, 0.6) is 34.5 Å². The molecule has 2 aromatic heterocycles. The predicted octanol–water partition coefficient (Wildman–Crippen LogP) is 25.1. The lowest BCUT2D eigenvalue weighted by Crippen LogP contribution is -2.05. The topological polar surface area (TPSA) is 81.2 Å². The molecule has 3 aromatic carbocycles. The SMILES string of the molecule is CCCCCCCCCCCCOc1cc(OCc2ccc(-c3cc(-c4ccc(COc5cc(C)c(OCCCCCCCCCCCC)c(OCCCCCCCCCCCC)c5)cn4)c(F)cc3F)nc2)cc(C)c1OCCCCCCCCCCCC. The van der Waals surface area contributed by atoms with Gasteiger partial charge in [-0.05, 0) is 81.0 Å². The van der Waals surface area contributed by atoms with Crippen molar-refractivity contribution >= 4 is 0 Å². The fourth-order valence-corrected chi connectivity index (χ4v) is 11.9. The molecule has 5 aromatic rings. The Morgan fingerprint density at radius 1 is 0.300 bits per heavy atom. The first kappa shape index (κ1) is 75.3. The maximum atomic E-state index is 15.6. The van der Waals surface area contributed by atoms with E-state index in [0.29, 0.717) is 60.8 Å². The van der Waals surface area contributed by atoms with Gasteiger partial charge in [-0.1, -0.05) is 271 Å². The molecule has 90 heavy (non-hydrogen) atoms. The molecule has 0 aliphatic carbocycles. The van der Waals surface area contributed by atoms with Gasteiger partial charge in [0.1, 0.15) is 36.3 Å². The van der Waals surface area contributed by atoms with Crippen LogP contribution < -0.4 is 28.4 Å². The van der Waals surface area contributed by atoms with E-state index in [-0.39, 0.29) is 24.3 Å². The first-order valence-corrected chi connectivity index (χ1v) is 36.7. The van der Waals surface area contributed by atoms with Crippen LogP contribution in [-0.4, -0.2) is 36.4 Å². The monoisotopic (exact) mass is 1240 g/mol. The van der Waals surface area contributed by atoms with Crippen molar-refractivity contribution in [3.8, 4) is 57.0 Å². The van der Waals surface area contributed by atoms with Crippen LogP contribution in [0, 0.1) is 25.5 Å². The predicted molar refractivity (Wildman–Crippen MR) is 373 cm³/mol. The first-order valence-electron chi connectivity index (χ1n) is 36.7. The van der Waals surface area contributed by atoms with Gasteiger partial charge in [0.05, 0.1) is 37.8 Å². The summed E-state index contributed by atoms with van der Waals surface area (Å²) >= 11 is 0. The number of nitrogens with zero attached hydrogens (tertiary/aromatic N) is 2. The fraction of sp³-hybridized carbons (Fsp3) is 0.650. The van der Waals surface area contributed by atoms with E-state index in [9.17, 15) is 0 Å². The zero-order valence-corrected chi connectivity index (χ0v) is 57.6. The van der Waals surface area contributed by atoms with Gasteiger partial charge in [-0.25, -0.2) is 8.78 Å². The summed E-state index contributed by atoms with van der Waals surface area (Å²) in [5.41, 5.74) is 4.66. The van der Waals surface area contributed by atoms with Crippen molar-refractivity contribution in [1.29, 1.82) is 0 Å². The van der Waals surface area contributed by atoms with E-state index in [4.69, 9.17) is 28.4 Å². The fourth-order valence-electron chi connectivity index (χ4n) is 11.9. The molecular formula is C80H122F2N2O6. The molecule has 0 aliphatic rings. The number of halogens is 2. The molecule has 0 saturated heterocycles. The van der Waals surface area contributed by atoms with Crippen molar-refractivity contribution in [2.45, 2.75) is 312 Å². The molecule has 502 valence electrons. The molecule has 0 aliphatic heterocycles. The van der Waals surface area contributed by atoms with Crippen LogP contribution in [0.2, 0.25) is 0 Å². The summed E-state index contributed by atoms with van der Waals surface area (Å²) in [7, 11) is 0. The number of unbranched alkanes of at least 4 members (excludes halogenated alkanes) is 36. The molecule has 0 spiro atoms. The summed E-state index contributed by atoms with van der Waals surface area (Å²) in [6, 6.07) is 17.5. The molecule has 0 radical (unpaired) electrons. The van der Waals surface area contributed by atoms with E-state index in [1.807, 2.05) is 36.4 Å². The minimum absolute atomic E-state index is 0.179. The minimum atomic E-state index is -0.702. The quantitative estimate of drug-likeness (QED) is 0.0356. The lowest BCUT2D eigenvalue weighted by atomic mass is 10.0. The second-order valence-electron chi connectivity index (χ2n) is 25.7. The number of rotatable bonds is 56. The van der Waals surface area contributed by atoms with Crippen LogP contribution >= 0.6 is 0 Å². The number of aromatic nitrogens is 2. The maximum absolute atomic E-state index is 15.6. The molecule has 0 atom stereocenters. The third-order valence-electron chi connectivity index (χ3n) is 17.5. The van der Waals surface area contributed by atoms with Crippen molar-refractivity contribution in [2.24, 2.45) is 0 Å². The minimum Gasteiger partial charge on any atom is -0.490 e. The Hall–Kier alpha value is -5.38. The van der Waals surface area contributed by atoms with E-state index >= 15 is 8.78 Å². The highest BCUT2D eigenvalue weighted by Crippen LogP contribution is 2.39. The summed E-state index contributed by atoms with van der Waals surface area (Å²) in [6.07, 6.45) is 54.2. The molecular weight excluding hydrogens is 1120 g/mol. The highest BCUT2D eigenvalue weighted by molar-refractivity contribution is 5.70. The molecule has 2 heterocycles. The van der Waals surface area contributed by atoms with Crippen molar-refractivity contribution in [3.05, 3.63) is 107 Å². The number of hydrogen-bond acceptors (Lipinski definition) is 8. The van der Waals surface area contributed by atoms with Crippen LogP contribution in [0.4, 0.5) is 8.78 Å². The normalized spacial score (nSPS) is 11.4. The molecule has 0 amide bonds. The Labute approximate surface area is 546 Å². The van der Waals surface area contributed by atoms with E-state index < -0.39 is 11.6 Å². The van der Waals surface area contributed by atoms with Crippen molar-refractivity contribution < 1.29 is 37.2 Å². The number of hydrogen-bond donors (Lipinski definition) is 0. The number of ether oxygens (including phenoxy) is 6. The Morgan fingerprint density at radius 2 is 0.578 bits per heavy atom. The van der Waals surface area contributed by atoms with Gasteiger partial charge in [-0.2, -0.15) is 0 Å². The lowest BCUT2D eigenvalue weighted by molar-refractivity contribution is 0.252. The summed E-state index contributed by atoms with van der Waals surface area (Å²) < 4.78 is 69.8. The molecule has 5 rings (SSSR count). The summed E-state index contributed by atoms with van der Waals surface area (Å²) in [4.78, 5) is 9.27. The maximum Gasteiger partial charge on any atom is 0.165 e. The molecule has 0 N–H and O–H groups in total. The lowest BCUT2D eigenvalue weighted by Gasteiger charge is -2.17. The van der Waals surface area contributed by atoms with E-state index in [0.717, 1.165) is 91.2 Å². The first-order chi connectivity index (χ1) is 44.2. The molecule has 0 fully saturated rings. The van der Waals surface area contributed by atoms with Gasteiger partial charge in [-0.3, -0.25) is 9.97 Å². The molecule has 0 bridgehead atoms. The zero-order valence-electron chi connectivity index (χ0n) is 57.6. The van der Waals surface area contributed by atoms with Crippen LogP contribution in [0.3, 0.4) is 0 Å². The van der Waals surface area contributed by atoms with E-state index in [1.165, 1.54) is 212 Å². The molecule has 0 saturated carbocycles. The van der Waals surface area contributed by atoms with Crippen LogP contribution in [0.15, 0.2) is 73.1 Å². The summed E-state index contributed by atoms with van der Waals surface area (Å²) in [5.74, 6) is 2.96. The highest BCUT2D eigenvalue weighted by Gasteiger charge is 2.18. The van der Waals surface area contributed by atoms with Crippen LogP contribution in [0.25, 0.3) is 22.5 Å². The second kappa shape index (κ2) is 48.4. The Kier molecular flexibility index (Phi) is 40.5. The molecule has 0 unspecified atom stereocenters. The van der Waals surface area contributed by atoms with Crippen LogP contribution in [-0.2, 0) is 13.2 Å². The van der Waals surface area contributed by atoms with Crippen LogP contribution in [0.1, 0.15) is 307 Å². The second-order valence-corrected chi connectivity index (χ2v) is 25.7. The number of aryl methyl sites for hydroxylation is 2. The largest absolute Gasteiger partial charge is 0.490 e. The van der Waals surface area contributed by atoms with Gasteiger partial charge in [0.2, 0.25) is 0 Å².